The number of nitrogens with one attached hydrogen (secondary N) is 2. The zero-order valence-corrected chi connectivity index (χ0v) is 17.8. The lowest BCUT2D eigenvalue weighted by molar-refractivity contribution is 0.0947. The summed E-state index contributed by atoms with van der Waals surface area (Å²) in [6.07, 6.45) is 5.73. The maximum atomic E-state index is 12.9. The molecule has 0 aliphatic heterocycles. The molecule has 0 saturated carbocycles. The van der Waals surface area contributed by atoms with Crippen molar-refractivity contribution < 1.29 is 4.79 Å². The van der Waals surface area contributed by atoms with Crippen molar-refractivity contribution in [3.05, 3.63) is 56.8 Å². The second-order valence-electron chi connectivity index (χ2n) is 7.23. The number of carbonyl (C=O) groups is 1. The quantitative estimate of drug-likeness (QED) is 0.479. The number of hydrogen-bond acceptors (Lipinski definition) is 4. The number of nitrogens with zero attached hydrogens (tertiary/aromatic N) is 4. The van der Waals surface area contributed by atoms with E-state index >= 15 is 0 Å². The van der Waals surface area contributed by atoms with Gasteiger partial charge in [0.05, 0.1) is 5.69 Å². The van der Waals surface area contributed by atoms with E-state index in [1.807, 2.05) is 40.6 Å². The van der Waals surface area contributed by atoms with E-state index in [0.29, 0.717) is 28.5 Å². The Morgan fingerprint density at radius 2 is 2.00 bits per heavy atom. The molecular formula is C20H23ClN6OS. The van der Waals surface area contributed by atoms with E-state index in [-0.39, 0.29) is 5.91 Å². The van der Waals surface area contributed by atoms with Gasteiger partial charge in [-0.25, -0.2) is 4.68 Å². The molecule has 2 heterocycles. The number of aromatic nitrogens is 5. The lowest BCUT2D eigenvalue weighted by Crippen LogP contribution is -2.27. The molecule has 0 radical (unpaired) electrons. The van der Waals surface area contributed by atoms with E-state index in [4.69, 9.17) is 28.9 Å². The number of benzene rings is 1. The highest BCUT2D eigenvalue weighted by Gasteiger charge is 2.24. The molecular weight excluding hydrogens is 408 g/mol. The molecule has 7 nitrogen and oxygen atoms in total. The van der Waals surface area contributed by atoms with Crippen LogP contribution in [0.25, 0.3) is 5.69 Å². The zero-order chi connectivity index (χ0) is 20.4. The number of halogens is 1. The van der Waals surface area contributed by atoms with Crippen molar-refractivity contribution in [2.45, 2.75) is 38.5 Å². The molecule has 2 aromatic heterocycles. The van der Waals surface area contributed by atoms with Crippen LogP contribution in [-0.4, -0.2) is 37.0 Å². The van der Waals surface area contributed by atoms with E-state index in [1.165, 1.54) is 0 Å². The molecule has 1 aromatic carbocycles. The van der Waals surface area contributed by atoms with Gasteiger partial charge < -0.3 is 9.88 Å². The summed E-state index contributed by atoms with van der Waals surface area (Å²) in [6, 6.07) is 7.57. The monoisotopic (exact) mass is 430 g/mol. The smallest absolute Gasteiger partial charge is 0.272 e. The molecule has 29 heavy (non-hydrogen) atoms. The first-order chi connectivity index (χ1) is 14.0. The summed E-state index contributed by atoms with van der Waals surface area (Å²) in [5.74, 6) is 0.661. The van der Waals surface area contributed by atoms with Crippen molar-refractivity contribution >= 4 is 29.7 Å². The lowest BCUT2D eigenvalue weighted by atomic mass is 10.1. The molecule has 1 aliphatic rings. The van der Waals surface area contributed by atoms with Gasteiger partial charge in [0, 0.05) is 36.3 Å². The van der Waals surface area contributed by atoms with E-state index < -0.39 is 0 Å². The standard InChI is InChI=1S/C20H23ClN6OS/c1-26-17(23-24-20(26)29)11-12-22-19(28)18-15-5-3-2-4-6-16(15)27(25-18)14-9-7-13(21)8-10-14/h7-10H,2-6,11-12H2,1H3,(H,22,28)(H,24,29). The van der Waals surface area contributed by atoms with Gasteiger partial charge in [-0.15, -0.1) is 0 Å². The molecule has 2 N–H and O–H groups in total. The molecule has 0 spiro atoms. The zero-order valence-electron chi connectivity index (χ0n) is 16.2. The van der Waals surface area contributed by atoms with Crippen LogP contribution in [0, 0.1) is 4.77 Å². The van der Waals surface area contributed by atoms with Gasteiger partial charge in [-0.2, -0.15) is 10.2 Å². The summed E-state index contributed by atoms with van der Waals surface area (Å²) in [5.41, 5.74) is 3.64. The molecule has 3 aromatic rings. The van der Waals surface area contributed by atoms with Crippen molar-refractivity contribution in [2.24, 2.45) is 7.05 Å². The number of hydrogen-bond donors (Lipinski definition) is 2. The van der Waals surface area contributed by atoms with E-state index in [2.05, 4.69) is 15.5 Å². The number of amides is 1. The Balaban J connectivity index is 1.57. The molecule has 0 bridgehead atoms. The number of carbonyl (C=O) groups excluding carboxylic acids is 1. The van der Waals surface area contributed by atoms with Gasteiger partial charge in [-0.3, -0.25) is 9.89 Å². The molecule has 1 aliphatic carbocycles. The van der Waals surface area contributed by atoms with Gasteiger partial charge in [0.25, 0.3) is 5.91 Å². The first-order valence-corrected chi connectivity index (χ1v) is 10.6. The minimum Gasteiger partial charge on any atom is -0.350 e. The molecule has 0 saturated heterocycles. The van der Waals surface area contributed by atoms with Crippen LogP contribution in [0.1, 0.15) is 46.8 Å². The maximum absolute atomic E-state index is 12.9. The Labute approximate surface area is 179 Å². The molecule has 4 rings (SSSR count). The first kappa shape index (κ1) is 19.8. The van der Waals surface area contributed by atoms with E-state index in [0.717, 1.165) is 54.9 Å². The molecule has 0 fully saturated rings. The van der Waals surface area contributed by atoms with Crippen LogP contribution in [0.5, 0.6) is 0 Å². The highest BCUT2D eigenvalue weighted by Crippen LogP contribution is 2.27. The summed E-state index contributed by atoms with van der Waals surface area (Å²) in [7, 11) is 1.86. The van der Waals surface area contributed by atoms with Crippen LogP contribution in [0.3, 0.4) is 0 Å². The SMILES string of the molecule is Cn1c(CCNC(=O)c2nn(-c3ccc(Cl)cc3)c3c2CCCCC3)n[nH]c1=S. The highest BCUT2D eigenvalue weighted by molar-refractivity contribution is 7.71. The predicted octanol–water partition coefficient (Wildman–Crippen LogP) is 3.56. The fourth-order valence-corrected chi connectivity index (χ4v) is 4.01. The van der Waals surface area contributed by atoms with E-state index in [9.17, 15) is 4.79 Å². The van der Waals surface area contributed by atoms with Crippen molar-refractivity contribution in [1.29, 1.82) is 0 Å². The van der Waals surface area contributed by atoms with Crippen LogP contribution in [0.2, 0.25) is 5.02 Å². The minimum atomic E-state index is -0.146. The number of H-pyrrole nitrogens is 1. The average Bonchev–Trinajstić information content (AvgIpc) is 3.12. The Morgan fingerprint density at radius 1 is 1.24 bits per heavy atom. The molecule has 1 amide bonds. The minimum absolute atomic E-state index is 0.146. The Bertz CT molecular complexity index is 1080. The van der Waals surface area contributed by atoms with Gasteiger partial charge in [-0.1, -0.05) is 18.0 Å². The second-order valence-corrected chi connectivity index (χ2v) is 8.06. The number of rotatable bonds is 5. The normalized spacial score (nSPS) is 13.7. The van der Waals surface area contributed by atoms with Crippen LogP contribution < -0.4 is 5.32 Å². The maximum Gasteiger partial charge on any atom is 0.272 e. The summed E-state index contributed by atoms with van der Waals surface area (Å²) in [5, 5.41) is 15.3. The third kappa shape index (κ3) is 4.13. The molecule has 0 atom stereocenters. The third-order valence-corrected chi connectivity index (χ3v) is 5.94. The number of fused-ring (bicyclic) bond motifs is 1. The largest absolute Gasteiger partial charge is 0.350 e. The first-order valence-electron chi connectivity index (χ1n) is 9.80. The Hall–Kier alpha value is -2.45. The highest BCUT2D eigenvalue weighted by atomic mass is 35.5. The van der Waals surface area contributed by atoms with Crippen LogP contribution in [0.15, 0.2) is 24.3 Å². The van der Waals surface area contributed by atoms with Crippen LogP contribution in [0.4, 0.5) is 0 Å². The van der Waals surface area contributed by atoms with Gasteiger partial charge in [0.1, 0.15) is 5.82 Å². The predicted molar refractivity (Wildman–Crippen MR) is 114 cm³/mol. The fourth-order valence-electron chi connectivity index (χ4n) is 3.73. The number of aromatic amines is 1. The molecule has 0 unspecified atom stereocenters. The molecule has 9 heteroatoms. The second kappa shape index (κ2) is 8.51. The summed E-state index contributed by atoms with van der Waals surface area (Å²) >= 11 is 11.2. The van der Waals surface area contributed by atoms with Gasteiger partial charge in [-0.05, 0) is 62.2 Å². The summed E-state index contributed by atoms with van der Waals surface area (Å²) < 4.78 is 4.28. The van der Waals surface area contributed by atoms with Gasteiger partial charge >= 0.3 is 0 Å². The third-order valence-electron chi connectivity index (χ3n) is 5.32. The molecule has 152 valence electrons. The van der Waals surface area contributed by atoms with Crippen LogP contribution >= 0.6 is 23.8 Å². The lowest BCUT2D eigenvalue weighted by Gasteiger charge is -2.07. The Kier molecular flexibility index (Phi) is 5.82. The Morgan fingerprint density at radius 3 is 2.72 bits per heavy atom. The summed E-state index contributed by atoms with van der Waals surface area (Å²) in [6.45, 7) is 0.467. The van der Waals surface area contributed by atoms with Gasteiger partial charge in [0.15, 0.2) is 10.5 Å². The summed E-state index contributed by atoms with van der Waals surface area (Å²) in [4.78, 5) is 12.9. The topological polar surface area (TPSA) is 80.5 Å². The van der Waals surface area contributed by atoms with Crippen LogP contribution in [-0.2, 0) is 26.3 Å². The van der Waals surface area contributed by atoms with Crippen molar-refractivity contribution in [1.82, 2.24) is 29.9 Å². The van der Waals surface area contributed by atoms with Crippen molar-refractivity contribution in [3.8, 4) is 5.69 Å². The van der Waals surface area contributed by atoms with Gasteiger partial charge in [0.2, 0.25) is 0 Å². The van der Waals surface area contributed by atoms with E-state index in [1.54, 1.807) is 0 Å². The van der Waals surface area contributed by atoms with Crippen molar-refractivity contribution in [3.63, 3.8) is 0 Å². The van der Waals surface area contributed by atoms with Crippen molar-refractivity contribution in [2.75, 3.05) is 6.54 Å². The fraction of sp³-hybridized carbons (Fsp3) is 0.400. The average molecular weight is 431 g/mol.